The van der Waals surface area contributed by atoms with Gasteiger partial charge in [-0.3, -0.25) is 0 Å². The Kier molecular flexibility index (Phi) is 5.73. The zero-order valence-electron chi connectivity index (χ0n) is 17.1. The van der Waals surface area contributed by atoms with Crippen molar-refractivity contribution in [2.75, 3.05) is 39.2 Å². The molecule has 3 aromatic rings. The molecule has 1 N–H and O–H groups in total. The first kappa shape index (κ1) is 19.4. The third-order valence-corrected chi connectivity index (χ3v) is 5.61. The van der Waals surface area contributed by atoms with Crippen molar-refractivity contribution in [2.45, 2.75) is 25.3 Å². The van der Waals surface area contributed by atoms with Gasteiger partial charge in [-0.2, -0.15) is 0 Å². The molecule has 1 saturated heterocycles. The first-order valence-corrected chi connectivity index (χ1v) is 10.1. The minimum atomic E-state index is 0.364. The Morgan fingerprint density at radius 2 is 1.93 bits per heavy atom. The topological polar surface area (TPSA) is 46.6 Å². The highest BCUT2D eigenvalue weighted by Crippen LogP contribution is 2.38. The number of fused-ring (bicyclic) bond motifs is 2. The van der Waals surface area contributed by atoms with Crippen LogP contribution in [-0.4, -0.2) is 49.8 Å². The average molecular weight is 389 g/mol. The molecule has 0 radical (unpaired) electrons. The van der Waals surface area contributed by atoms with Gasteiger partial charge >= 0.3 is 0 Å². The molecule has 1 fully saturated rings. The number of terminal acetylenes is 1. The number of aromatic nitrogens is 1. The van der Waals surface area contributed by atoms with Crippen LogP contribution in [0.3, 0.4) is 0 Å². The fraction of sp³-hybridized carbons (Fsp3) is 0.375. The summed E-state index contributed by atoms with van der Waals surface area (Å²) in [5.41, 5.74) is 2.97. The van der Waals surface area contributed by atoms with Crippen LogP contribution in [0.5, 0.6) is 11.5 Å². The SMILES string of the molecule is C#CCCN1CCC[C@@H](Nc2c3ccccc3nc3cc(OC)c(OC)cc23)C1. The van der Waals surface area contributed by atoms with Crippen LogP contribution in [-0.2, 0) is 0 Å². The molecule has 0 spiro atoms. The number of nitrogens with one attached hydrogen (secondary N) is 1. The molecule has 0 bridgehead atoms. The van der Waals surface area contributed by atoms with E-state index in [1.54, 1.807) is 14.2 Å². The van der Waals surface area contributed by atoms with E-state index in [1.165, 1.54) is 6.42 Å². The number of ether oxygens (including phenoxy) is 2. The van der Waals surface area contributed by atoms with E-state index >= 15 is 0 Å². The second-order valence-corrected chi connectivity index (χ2v) is 7.47. The van der Waals surface area contributed by atoms with E-state index in [2.05, 4.69) is 34.3 Å². The second kappa shape index (κ2) is 8.59. The monoisotopic (exact) mass is 389 g/mol. The summed E-state index contributed by atoms with van der Waals surface area (Å²) < 4.78 is 11.0. The zero-order valence-corrected chi connectivity index (χ0v) is 17.1. The van der Waals surface area contributed by atoms with Crippen LogP contribution in [0.2, 0.25) is 0 Å². The molecule has 5 heteroatoms. The Labute approximate surface area is 172 Å². The fourth-order valence-corrected chi connectivity index (χ4v) is 4.18. The maximum Gasteiger partial charge on any atom is 0.162 e. The summed E-state index contributed by atoms with van der Waals surface area (Å²) in [6.07, 6.45) is 8.56. The summed E-state index contributed by atoms with van der Waals surface area (Å²) in [7, 11) is 3.31. The van der Waals surface area contributed by atoms with Crippen molar-refractivity contribution in [3.63, 3.8) is 0 Å². The number of pyridine rings is 1. The third kappa shape index (κ3) is 3.94. The number of rotatable bonds is 6. The van der Waals surface area contributed by atoms with E-state index in [4.69, 9.17) is 20.9 Å². The van der Waals surface area contributed by atoms with Gasteiger partial charge in [0.1, 0.15) is 0 Å². The van der Waals surface area contributed by atoms with Gasteiger partial charge in [0.05, 0.1) is 30.9 Å². The van der Waals surface area contributed by atoms with Crippen LogP contribution in [0.15, 0.2) is 36.4 Å². The van der Waals surface area contributed by atoms with Crippen molar-refractivity contribution in [2.24, 2.45) is 0 Å². The Morgan fingerprint density at radius 1 is 1.14 bits per heavy atom. The Morgan fingerprint density at radius 3 is 2.72 bits per heavy atom. The zero-order chi connectivity index (χ0) is 20.2. The van der Waals surface area contributed by atoms with E-state index in [0.29, 0.717) is 17.5 Å². The molecular weight excluding hydrogens is 362 g/mol. The number of methoxy groups -OCH3 is 2. The Bertz CT molecular complexity index is 1060. The van der Waals surface area contributed by atoms with E-state index in [9.17, 15) is 0 Å². The standard InChI is InChI=1S/C24H27N3O2/c1-4-5-12-27-13-8-9-17(16-27)25-24-18-10-6-7-11-20(18)26-21-15-23(29-3)22(28-2)14-19(21)24/h1,6-7,10-11,14-15,17H,5,8-9,12-13,16H2,2-3H3,(H,25,26)/t17-/m1/s1. The second-order valence-electron chi connectivity index (χ2n) is 7.47. The molecule has 5 nitrogen and oxygen atoms in total. The van der Waals surface area contributed by atoms with E-state index in [1.807, 2.05) is 18.2 Å². The molecular formula is C24H27N3O2. The van der Waals surface area contributed by atoms with Crippen LogP contribution in [0.1, 0.15) is 19.3 Å². The molecule has 2 aromatic carbocycles. The lowest BCUT2D eigenvalue weighted by Crippen LogP contribution is -2.42. The maximum absolute atomic E-state index is 5.56. The van der Waals surface area contributed by atoms with Crippen molar-refractivity contribution in [3.05, 3.63) is 36.4 Å². The molecule has 1 atom stereocenters. The molecule has 1 aliphatic rings. The third-order valence-electron chi connectivity index (χ3n) is 5.61. The van der Waals surface area contributed by atoms with Gasteiger partial charge in [0.25, 0.3) is 0 Å². The largest absolute Gasteiger partial charge is 0.493 e. The predicted molar refractivity (Wildman–Crippen MR) is 119 cm³/mol. The number of anilines is 1. The van der Waals surface area contributed by atoms with Crippen LogP contribution in [0, 0.1) is 12.3 Å². The average Bonchev–Trinajstić information content (AvgIpc) is 2.77. The van der Waals surface area contributed by atoms with Gasteiger partial charge in [0.2, 0.25) is 0 Å². The van der Waals surface area contributed by atoms with Gasteiger partial charge in [-0.1, -0.05) is 18.2 Å². The first-order valence-electron chi connectivity index (χ1n) is 10.1. The van der Waals surface area contributed by atoms with Crippen LogP contribution in [0.4, 0.5) is 5.69 Å². The Balaban J connectivity index is 1.77. The number of para-hydroxylation sites is 1. The summed E-state index contributed by atoms with van der Waals surface area (Å²) in [5, 5.41) is 5.99. The van der Waals surface area contributed by atoms with E-state index in [0.717, 1.165) is 60.0 Å². The molecule has 1 aromatic heterocycles. The number of nitrogens with zero attached hydrogens (tertiary/aromatic N) is 2. The molecule has 0 saturated carbocycles. The van der Waals surface area contributed by atoms with Gasteiger partial charge in [0, 0.05) is 42.4 Å². The molecule has 1 aliphatic heterocycles. The molecule has 29 heavy (non-hydrogen) atoms. The number of hydrogen-bond donors (Lipinski definition) is 1. The van der Waals surface area contributed by atoms with Crippen molar-refractivity contribution in [1.29, 1.82) is 0 Å². The van der Waals surface area contributed by atoms with Gasteiger partial charge in [-0.15, -0.1) is 12.3 Å². The van der Waals surface area contributed by atoms with Gasteiger partial charge in [-0.25, -0.2) is 4.98 Å². The van der Waals surface area contributed by atoms with E-state index < -0.39 is 0 Å². The highest BCUT2D eigenvalue weighted by Gasteiger charge is 2.22. The first-order chi connectivity index (χ1) is 14.2. The Hall–Kier alpha value is -2.97. The molecule has 4 rings (SSSR count). The molecule has 0 aliphatic carbocycles. The van der Waals surface area contributed by atoms with Gasteiger partial charge in [0.15, 0.2) is 11.5 Å². The lowest BCUT2D eigenvalue weighted by molar-refractivity contribution is 0.221. The smallest absolute Gasteiger partial charge is 0.162 e. The van der Waals surface area contributed by atoms with Gasteiger partial charge in [-0.05, 0) is 31.5 Å². The molecule has 0 amide bonds. The summed E-state index contributed by atoms with van der Waals surface area (Å²) in [6.45, 7) is 3.06. The summed E-state index contributed by atoms with van der Waals surface area (Å²) >= 11 is 0. The molecule has 150 valence electrons. The summed E-state index contributed by atoms with van der Waals surface area (Å²) in [4.78, 5) is 7.32. The number of likely N-dealkylation sites (tertiary alicyclic amines) is 1. The fourth-order valence-electron chi connectivity index (χ4n) is 4.18. The quantitative estimate of drug-likeness (QED) is 0.503. The van der Waals surface area contributed by atoms with E-state index in [-0.39, 0.29) is 0 Å². The lowest BCUT2D eigenvalue weighted by Gasteiger charge is -2.33. The van der Waals surface area contributed by atoms with Crippen molar-refractivity contribution in [3.8, 4) is 23.8 Å². The van der Waals surface area contributed by atoms with Crippen molar-refractivity contribution < 1.29 is 9.47 Å². The minimum Gasteiger partial charge on any atom is -0.493 e. The normalized spacial score (nSPS) is 17.2. The number of piperidine rings is 1. The molecule has 0 unspecified atom stereocenters. The summed E-state index contributed by atoms with van der Waals surface area (Å²) in [6, 6.07) is 12.6. The number of benzene rings is 2. The van der Waals surface area contributed by atoms with Crippen LogP contribution >= 0.6 is 0 Å². The number of hydrogen-bond acceptors (Lipinski definition) is 5. The molecule has 2 heterocycles. The van der Waals surface area contributed by atoms with Crippen molar-refractivity contribution in [1.82, 2.24) is 9.88 Å². The van der Waals surface area contributed by atoms with Gasteiger partial charge < -0.3 is 19.7 Å². The highest BCUT2D eigenvalue weighted by molar-refractivity contribution is 6.08. The highest BCUT2D eigenvalue weighted by atomic mass is 16.5. The van der Waals surface area contributed by atoms with Crippen molar-refractivity contribution >= 4 is 27.5 Å². The lowest BCUT2D eigenvalue weighted by atomic mass is 10.0. The maximum atomic E-state index is 5.56. The van der Waals surface area contributed by atoms with Crippen LogP contribution in [0.25, 0.3) is 21.8 Å². The predicted octanol–water partition coefficient (Wildman–Crippen LogP) is 4.30. The van der Waals surface area contributed by atoms with Crippen LogP contribution < -0.4 is 14.8 Å². The summed E-state index contributed by atoms with van der Waals surface area (Å²) in [5.74, 6) is 4.15. The minimum absolute atomic E-state index is 0.364.